The van der Waals surface area contributed by atoms with Crippen molar-refractivity contribution in [2.75, 3.05) is 6.61 Å². The summed E-state index contributed by atoms with van der Waals surface area (Å²) in [5.41, 5.74) is 0.440. The Morgan fingerprint density at radius 3 is 2.57 bits per heavy atom. The molecule has 148 valence electrons. The third-order valence-corrected chi connectivity index (χ3v) is 5.60. The lowest BCUT2D eigenvalue weighted by atomic mass is 9.84. The second-order valence-electron chi connectivity index (χ2n) is 7.05. The Balaban J connectivity index is 1.83. The van der Waals surface area contributed by atoms with Crippen molar-refractivity contribution in [3.05, 3.63) is 58.9 Å². The highest BCUT2D eigenvalue weighted by molar-refractivity contribution is 6.31. The number of hydrogen-bond donors (Lipinski definition) is 1. The second kappa shape index (κ2) is 8.41. The molecule has 0 aliphatic heterocycles. The highest BCUT2D eigenvalue weighted by atomic mass is 35.5. The minimum absolute atomic E-state index is 0.000248. The standard InChI is InChI=1S/C22H22ClFO4/c1-2-28-21(26)22(27)11-3-4-18(22)20(25)13-16-12-15(7-10-19(16)23)14-5-8-17(24)9-6-14/h5-10,12,18,27H,2-4,11,13H2,1H3. The van der Waals surface area contributed by atoms with Crippen LogP contribution in [0.15, 0.2) is 42.5 Å². The lowest BCUT2D eigenvalue weighted by Gasteiger charge is -2.26. The maximum absolute atomic E-state index is 13.2. The number of ether oxygens (including phenoxy) is 1. The van der Waals surface area contributed by atoms with E-state index in [0.717, 1.165) is 11.1 Å². The summed E-state index contributed by atoms with van der Waals surface area (Å²) in [4.78, 5) is 25.1. The van der Waals surface area contributed by atoms with Crippen LogP contribution in [0.5, 0.6) is 0 Å². The summed E-state index contributed by atoms with van der Waals surface area (Å²) in [6.07, 6.45) is 1.23. The molecule has 2 unspecified atom stereocenters. The van der Waals surface area contributed by atoms with Crippen molar-refractivity contribution in [3.8, 4) is 11.1 Å². The van der Waals surface area contributed by atoms with Crippen molar-refractivity contribution < 1.29 is 23.8 Å². The second-order valence-corrected chi connectivity index (χ2v) is 7.45. The van der Waals surface area contributed by atoms with Crippen LogP contribution in [0.1, 0.15) is 31.7 Å². The van der Waals surface area contributed by atoms with Gasteiger partial charge in [-0.3, -0.25) is 4.79 Å². The van der Waals surface area contributed by atoms with E-state index in [2.05, 4.69) is 0 Å². The molecular weight excluding hydrogens is 383 g/mol. The van der Waals surface area contributed by atoms with Gasteiger partial charge >= 0.3 is 5.97 Å². The number of hydrogen-bond acceptors (Lipinski definition) is 4. The molecule has 2 aromatic carbocycles. The van der Waals surface area contributed by atoms with E-state index in [9.17, 15) is 19.1 Å². The Hall–Kier alpha value is -2.24. The zero-order valence-electron chi connectivity index (χ0n) is 15.6. The number of aliphatic hydroxyl groups is 1. The van der Waals surface area contributed by atoms with E-state index >= 15 is 0 Å². The Morgan fingerprint density at radius 1 is 1.21 bits per heavy atom. The van der Waals surface area contributed by atoms with Crippen LogP contribution in [0.4, 0.5) is 4.39 Å². The number of halogens is 2. The summed E-state index contributed by atoms with van der Waals surface area (Å²) in [6, 6.07) is 11.3. The van der Waals surface area contributed by atoms with E-state index in [1.165, 1.54) is 12.1 Å². The van der Waals surface area contributed by atoms with Crippen LogP contribution in [0, 0.1) is 11.7 Å². The van der Waals surface area contributed by atoms with Gasteiger partial charge in [0.25, 0.3) is 0 Å². The molecule has 1 fully saturated rings. The summed E-state index contributed by atoms with van der Waals surface area (Å²) in [6.45, 7) is 1.81. The van der Waals surface area contributed by atoms with Crippen molar-refractivity contribution in [1.29, 1.82) is 0 Å². The highest BCUT2D eigenvalue weighted by Crippen LogP contribution is 2.38. The largest absolute Gasteiger partial charge is 0.464 e. The molecule has 4 nitrogen and oxygen atoms in total. The van der Waals surface area contributed by atoms with E-state index in [1.807, 2.05) is 0 Å². The topological polar surface area (TPSA) is 63.6 Å². The Morgan fingerprint density at radius 2 is 1.89 bits per heavy atom. The Bertz CT molecular complexity index is 881. The summed E-state index contributed by atoms with van der Waals surface area (Å²) in [7, 11) is 0. The third-order valence-electron chi connectivity index (χ3n) is 5.23. The lowest BCUT2D eigenvalue weighted by molar-refractivity contribution is -0.171. The number of carbonyl (C=O) groups excluding carboxylic acids is 2. The maximum atomic E-state index is 13.2. The molecule has 28 heavy (non-hydrogen) atoms. The van der Waals surface area contributed by atoms with Gasteiger partial charge in [-0.25, -0.2) is 9.18 Å². The van der Waals surface area contributed by atoms with Crippen LogP contribution in [0.3, 0.4) is 0 Å². The van der Waals surface area contributed by atoms with E-state index in [4.69, 9.17) is 16.3 Å². The van der Waals surface area contributed by atoms with Crippen LogP contribution < -0.4 is 0 Å². The molecule has 0 amide bonds. The average molecular weight is 405 g/mol. The van der Waals surface area contributed by atoms with Crippen LogP contribution in [0.25, 0.3) is 11.1 Å². The normalized spacial score (nSPS) is 21.5. The summed E-state index contributed by atoms with van der Waals surface area (Å²) < 4.78 is 18.1. The van der Waals surface area contributed by atoms with Gasteiger partial charge in [-0.15, -0.1) is 0 Å². The number of rotatable bonds is 6. The third kappa shape index (κ3) is 4.10. The lowest BCUT2D eigenvalue weighted by Crippen LogP contribution is -2.47. The summed E-state index contributed by atoms with van der Waals surface area (Å²) >= 11 is 6.28. The minimum atomic E-state index is -1.77. The summed E-state index contributed by atoms with van der Waals surface area (Å²) in [5.74, 6) is -2.12. The quantitative estimate of drug-likeness (QED) is 0.727. The van der Waals surface area contributed by atoms with Gasteiger partial charge in [-0.05, 0) is 67.1 Å². The fourth-order valence-electron chi connectivity index (χ4n) is 3.76. The molecule has 0 aromatic heterocycles. The predicted molar refractivity (Wildman–Crippen MR) is 104 cm³/mol. The number of ketones is 1. The number of Topliss-reactive ketones (excluding diaryl/α,β-unsaturated/α-hetero) is 1. The van der Waals surface area contributed by atoms with Crippen molar-refractivity contribution in [1.82, 2.24) is 0 Å². The molecule has 2 aromatic rings. The Labute approximate surface area is 168 Å². The molecule has 0 saturated heterocycles. The van der Waals surface area contributed by atoms with E-state index < -0.39 is 17.5 Å². The molecule has 0 radical (unpaired) electrons. The monoisotopic (exact) mass is 404 g/mol. The van der Waals surface area contributed by atoms with Crippen LogP contribution in [-0.4, -0.2) is 29.1 Å². The molecule has 3 rings (SSSR count). The molecule has 1 N–H and O–H groups in total. The van der Waals surface area contributed by atoms with Crippen LogP contribution in [-0.2, 0) is 20.7 Å². The maximum Gasteiger partial charge on any atom is 0.338 e. The minimum Gasteiger partial charge on any atom is -0.464 e. The zero-order chi connectivity index (χ0) is 20.3. The fourth-order valence-corrected chi connectivity index (χ4v) is 3.94. The first-order chi connectivity index (χ1) is 13.3. The van der Waals surface area contributed by atoms with Gasteiger partial charge in [0.05, 0.1) is 12.5 Å². The van der Waals surface area contributed by atoms with Gasteiger partial charge in [0.15, 0.2) is 5.60 Å². The van der Waals surface area contributed by atoms with Gasteiger partial charge in [-0.1, -0.05) is 29.8 Å². The van der Waals surface area contributed by atoms with Crippen LogP contribution >= 0.6 is 11.6 Å². The smallest absolute Gasteiger partial charge is 0.338 e. The molecule has 6 heteroatoms. The fraction of sp³-hybridized carbons (Fsp3) is 0.364. The first-order valence-electron chi connectivity index (χ1n) is 9.32. The molecule has 0 spiro atoms. The molecule has 1 aliphatic rings. The molecule has 1 aliphatic carbocycles. The van der Waals surface area contributed by atoms with Crippen molar-refractivity contribution >= 4 is 23.4 Å². The molecule has 0 bridgehead atoms. The van der Waals surface area contributed by atoms with E-state index in [0.29, 0.717) is 23.4 Å². The number of esters is 1. The van der Waals surface area contributed by atoms with Gasteiger partial charge in [0.2, 0.25) is 0 Å². The summed E-state index contributed by atoms with van der Waals surface area (Å²) in [5, 5.41) is 11.2. The van der Waals surface area contributed by atoms with E-state index in [1.54, 1.807) is 37.3 Å². The van der Waals surface area contributed by atoms with Gasteiger partial charge in [-0.2, -0.15) is 0 Å². The number of benzene rings is 2. The molecule has 0 heterocycles. The molecule has 1 saturated carbocycles. The zero-order valence-corrected chi connectivity index (χ0v) is 16.3. The predicted octanol–water partition coefficient (Wildman–Crippen LogP) is 4.35. The van der Waals surface area contributed by atoms with Crippen LogP contribution in [0.2, 0.25) is 5.02 Å². The van der Waals surface area contributed by atoms with Gasteiger partial charge < -0.3 is 9.84 Å². The number of carbonyl (C=O) groups is 2. The first-order valence-corrected chi connectivity index (χ1v) is 9.69. The van der Waals surface area contributed by atoms with Gasteiger partial charge in [0.1, 0.15) is 11.6 Å². The molecular formula is C22H22ClFO4. The van der Waals surface area contributed by atoms with E-state index in [-0.39, 0.29) is 31.0 Å². The highest BCUT2D eigenvalue weighted by Gasteiger charge is 2.51. The van der Waals surface area contributed by atoms with Crippen molar-refractivity contribution in [2.24, 2.45) is 5.92 Å². The average Bonchev–Trinajstić information content (AvgIpc) is 3.07. The first kappa shape index (κ1) is 20.5. The van der Waals surface area contributed by atoms with Crippen molar-refractivity contribution in [3.63, 3.8) is 0 Å². The Kier molecular flexibility index (Phi) is 6.16. The van der Waals surface area contributed by atoms with Crippen molar-refractivity contribution in [2.45, 2.75) is 38.2 Å². The SMILES string of the molecule is CCOC(=O)C1(O)CCCC1C(=O)Cc1cc(-c2ccc(F)cc2)ccc1Cl. The van der Waals surface area contributed by atoms with Gasteiger partial charge in [0, 0.05) is 11.4 Å². The molecule has 2 atom stereocenters.